The molecule has 6 heteroatoms. The summed E-state index contributed by atoms with van der Waals surface area (Å²) >= 11 is 6.25. The minimum absolute atomic E-state index is 0.333. The number of nitrogens with two attached hydrogens (primary N) is 1. The number of anilines is 1. The molecule has 2 N–H and O–H groups in total. The van der Waals surface area contributed by atoms with Crippen molar-refractivity contribution in [3.63, 3.8) is 0 Å². The van der Waals surface area contributed by atoms with Gasteiger partial charge in [0.15, 0.2) is 0 Å². The highest BCUT2D eigenvalue weighted by Gasteiger charge is 2.32. The van der Waals surface area contributed by atoms with Crippen LogP contribution in [0, 0.1) is 11.8 Å². The summed E-state index contributed by atoms with van der Waals surface area (Å²) in [5, 5.41) is 0.760. The zero-order chi connectivity index (χ0) is 21.8. The molecule has 5 nitrogen and oxygen atoms in total. The Kier molecular flexibility index (Phi) is 7.03. The molecule has 0 amide bonds. The number of ether oxygens (including phenoxy) is 2. The molecule has 0 spiro atoms. The predicted molar refractivity (Wildman–Crippen MR) is 124 cm³/mol. The minimum Gasteiger partial charge on any atom is -0.487 e. The van der Waals surface area contributed by atoms with Gasteiger partial charge in [0, 0.05) is 18.1 Å². The van der Waals surface area contributed by atoms with Crippen LogP contribution < -0.4 is 15.4 Å². The first-order valence-electron chi connectivity index (χ1n) is 11.2. The number of carbonyl (C=O) groups excluding carboxylic acids is 1. The van der Waals surface area contributed by atoms with Crippen molar-refractivity contribution in [3.8, 4) is 5.75 Å². The number of methoxy groups -OCH3 is 1. The van der Waals surface area contributed by atoms with E-state index in [-0.39, 0.29) is 5.97 Å². The molecule has 1 aliphatic carbocycles. The average molecular weight is 443 g/mol. The number of hydrogen-bond acceptors (Lipinski definition) is 5. The summed E-state index contributed by atoms with van der Waals surface area (Å²) in [6.07, 6.45) is 5.51. The van der Waals surface area contributed by atoms with E-state index in [9.17, 15) is 4.79 Å². The van der Waals surface area contributed by atoms with Crippen LogP contribution in [0.25, 0.3) is 0 Å². The van der Waals surface area contributed by atoms with E-state index in [0.717, 1.165) is 60.9 Å². The Morgan fingerprint density at radius 3 is 2.74 bits per heavy atom. The standard InChI is InChI=1S/C25H31ClN2O3/c1-30-25(29)18-8-10-24-23(13-18)28(15-20-6-5-19(20)14-27)11-3-2-4-17-12-22(26)9-7-21(17)16-31-24/h7-10,12-13,19-20H,2-6,11,14-16,27H2,1H3/t19-,20-/m0/s1. The van der Waals surface area contributed by atoms with Gasteiger partial charge >= 0.3 is 5.97 Å². The summed E-state index contributed by atoms with van der Waals surface area (Å²) in [4.78, 5) is 14.6. The van der Waals surface area contributed by atoms with Crippen molar-refractivity contribution < 1.29 is 14.3 Å². The molecule has 2 aromatic rings. The number of benzene rings is 2. The van der Waals surface area contributed by atoms with Crippen molar-refractivity contribution >= 4 is 23.3 Å². The maximum atomic E-state index is 12.2. The summed E-state index contributed by atoms with van der Waals surface area (Å²) < 4.78 is 11.3. The number of rotatable bonds is 4. The summed E-state index contributed by atoms with van der Waals surface area (Å²) in [5.41, 5.74) is 9.88. The minimum atomic E-state index is -0.333. The number of hydrogen-bond donors (Lipinski definition) is 1. The van der Waals surface area contributed by atoms with E-state index in [4.69, 9.17) is 26.8 Å². The quantitative estimate of drug-likeness (QED) is 0.687. The van der Waals surface area contributed by atoms with Gasteiger partial charge in [0.1, 0.15) is 12.4 Å². The van der Waals surface area contributed by atoms with E-state index in [2.05, 4.69) is 17.0 Å². The Labute approximate surface area is 189 Å². The lowest BCUT2D eigenvalue weighted by Gasteiger charge is -2.40. The summed E-state index contributed by atoms with van der Waals surface area (Å²) in [6.45, 7) is 3.05. The molecule has 0 aromatic heterocycles. The highest BCUT2D eigenvalue weighted by Crippen LogP contribution is 2.38. The summed E-state index contributed by atoms with van der Waals surface area (Å²) in [5.74, 6) is 1.62. The van der Waals surface area contributed by atoms with Gasteiger partial charge in [0.25, 0.3) is 0 Å². The van der Waals surface area contributed by atoms with Crippen molar-refractivity contribution in [2.75, 3.05) is 31.6 Å². The zero-order valence-corrected chi connectivity index (χ0v) is 18.9. The molecule has 1 heterocycles. The maximum absolute atomic E-state index is 12.2. The summed E-state index contributed by atoms with van der Waals surface area (Å²) in [7, 11) is 1.41. The van der Waals surface area contributed by atoms with E-state index in [1.165, 1.54) is 25.5 Å². The second-order valence-corrected chi connectivity index (χ2v) is 9.05. The lowest BCUT2D eigenvalue weighted by molar-refractivity contribution is 0.0600. The predicted octanol–water partition coefficient (Wildman–Crippen LogP) is 4.83. The van der Waals surface area contributed by atoms with Crippen LogP contribution in [0.15, 0.2) is 36.4 Å². The van der Waals surface area contributed by atoms with E-state index in [0.29, 0.717) is 24.0 Å². The number of esters is 1. The Bertz CT molecular complexity index is 931. The number of carbonyl (C=O) groups is 1. The van der Waals surface area contributed by atoms with Crippen LogP contribution in [-0.4, -0.2) is 32.7 Å². The summed E-state index contributed by atoms with van der Waals surface area (Å²) in [6, 6.07) is 11.6. The van der Waals surface area contributed by atoms with Crippen molar-refractivity contribution in [2.24, 2.45) is 17.6 Å². The molecule has 2 aromatic carbocycles. The average Bonchev–Trinajstić information content (AvgIpc) is 2.79. The monoisotopic (exact) mass is 442 g/mol. The van der Waals surface area contributed by atoms with Crippen LogP contribution in [-0.2, 0) is 17.8 Å². The first kappa shape index (κ1) is 22.0. The van der Waals surface area contributed by atoms with Gasteiger partial charge < -0.3 is 20.1 Å². The topological polar surface area (TPSA) is 64.8 Å². The highest BCUT2D eigenvalue weighted by molar-refractivity contribution is 6.30. The Morgan fingerprint density at radius 1 is 1.16 bits per heavy atom. The van der Waals surface area contributed by atoms with Gasteiger partial charge in [-0.2, -0.15) is 0 Å². The third-order valence-corrected chi connectivity index (χ3v) is 6.96. The van der Waals surface area contributed by atoms with Crippen LogP contribution >= 0.6 is 11.6 Å². The largest absolute Gasteiger partial charge is 0.487 e. The van der Waals surface area contributed by atoms with E-state index >= 15 is 0 Å². The SMILES string of the molecule is COC(=O)c1ccc2c(c1)N(C[C@@H]1CC[C@H]1CN)CCCCc1cc(Cl)ccc1CO2. The molecule has 1 aliphatic heterocycles. The van der Waals surface area contributed by atoms with Gasteiger partial charge in [-0.05, 0) is 91.9 Å². The fraction of sp³-hybridized carbons (Fsp3) is 0.480. The third kappa shape index (κ3) is 4.99. The number of nitrogens with zero attached hydrogens (tertiary/aromatic N) is 1. The molecule has 166 valence electrons. The lowest BCUT2D eigenvalue weighted by Crippen LogP contribution is -2.41. The number of aryl methyl sites for hydroxylation is 1. The van der Waals surface area contributed by atoms with Gasteiger partial charge in [0.05, 0.1) is 18.4 Å². The van der Waals surface area contributed by atoms with Crippen molar-refractivity contribution in [3.05, 3.63) is 58.1 Å². The molecule has 2 aliphatic rings. The molecule has 31 heavy (non-hydrogen) atoms. The van der Waals surface area contributed by atoms with Crippen molar-refractivity contribution in [1.29, 1.82) is 0 Å². The first-order chi connectivity index (χ1) is 15.1. The first-order valence-corrected chi connectivity index (χ1v) is 11.5. The molecule has 1 saturated carbocycles. The Hall–Kier alpha value is -2.24. The molecule has 0 bridgehead atoms. The van der Waals surface area contributed by atoms with Crippen LogP contribution in [0.1, 0.15) is 47.2 Å². The fourth-order valence-corrected chi connectivity index (χ4v) is 4.85. The van der Waals surface area contributed by atoms with Crippen LogP contribution in [0.4, 0.5) is 5.69 Å². The fourth-order valence-electron chi connectivity index (χ4n) is 4.65. The molecule has 2 atom stereocenters. The van der Waals surface area contributed by atoms with Gasteiger partial charge in [-0.3, -0.25) is 0 Å². The zero-order valence-electron chi connectivity index (χ0n) is 18.1. The second-order valence-electron chi connectivity index (χ2n) is 8.61. The smallest absolute Gasteiger partial charge is 0.337 e. The molecule has 1 fully saturated rings. The highest BCUT2D eigenvalue weighted by atomic mass is 35.5. The Morgan fingerprint density at radius 2 is 2.00 bits per heavy atom. The molecule has 0 saturated heterocycles. The van der Waals surface area contributed by atoms with Gasteiger partial charge in [-0.15, -0.1) is 0 Å². The maximum Gasteiger partial charge on any atom is 0.337 e. The number of fused-ring (bicyclic) bond motifs is 2. The molecule has 4 rings (SSSR count). The third-order valence-electron chi connectivity index (χ3n) is 6.73. The van der Waals surface area contributed by atoms with E-state index < -0.39 is 0 Å². The molecule has 0 unspecified atom stereocenters. The molecular formula is C25H31ClN2O3. The second kappa shape index (κ2) is 9.92. The Balaban J connectivity index is 1.67. The van der Waals surface area contributed by atoms with Gasteiger partial charge in [-0.1, -0.05) is 17.7 Å². The lowest BCUT2D eigenvalue weighted by atomic mass is 9.73. The normalized spacial score (nSPS) is 21.1. The van der Waals surface area contributed by atoms with Crippen molar-refractivity contribution in [2.45, 2.75) is 38.7 Å². The van der Waals surface area contributed by atoms with E-state index in [1.54, 1.807) is 6.07 Å². The van der Waals surface area contributed by atoms with Crippen LogP contribution in [0.3, 0.4) is 0 Å². The van der Waals surface area contributed by atoms with Crippen molar-refractivity contribution in [1.82, 2.24) is 0 Å². The van der Waals surface area contributed by atoms with Crippen LogP contribution in [0.2, 0.25) is 5.02 Å². The van der Waals surface area contributed by atoms with Gasteiger partial charge in [-0.25, -0.2) is 4.79 Å². The van der Waals surface area contributed by atoms with E-state index in [1.807, 2.05) is 18.2 Å². The van der Waals surface area contributed by atoms with Gasteiger partial charge in [0.2, 0.25) is 0 Å². The molecule has 0 radical (unpaired) electrons. The van der Waals surface area contributed by atoms with Crippen LogP contribution in [0.5, 0.6) is 5.75 Å². The number of halogens is 1. The molecular weight excluding hydrogens is 412 g/mol.